The van der Waals surface area contributed by atoms with E-state index in [1.165, 1.54) is 0 Å². The van der Waals surface area contributed by atoms with Crippen LogP contribution in [0.25, 0.3) is 0 Å². The van der Waals surface area contributed by atoms with Crippen molar-refractivity contribution in [2.45, 2.75) is 37.3 Å². The Morgan fingerprint density at radius 2 is 2.00 bits per heavy atom. The van der Waals surface area contributed by atoms with Gasteiger partial charge in [0.1, 0.15) is 0 Å². The molecule has 2 atom stereocenters. The lowest BCUT2D eigenvalue weighted by Gasteiger charge is -2.49. The van der Waals surface area contributed by atoms with Crippen LogP contribution in [0.2, 0.25) is 0 Å². The number of hydrogen-bond acceptors (Lipinski definition) is 3. The average molecular weight is 413 g/mol. The second kappa shape index (κ2) is 5.11. The minimum atomic E-state index is -3.61. The van der Waals surface area contributed by atoms with E-state index in [0.717, 1.165) is 0 Å². The number of nitrogens with one attached hydrogen (secondary N) is 1. The molecule has 106 valence electrons. The van der Waals surface area contributed by atoms with E-state index in [0.29, 0.717) is 15.4 Å². The number of rotatable bonds is 3. The van der Waals surface area contributed by atoms with Gasteiger partial charge in [-0.15, -0.1) is 0 Å². The van der Waals surface area contributed by atoms with Gasteiger partial charge in [0.25, 0.3) is 0 Å². The molecule has 0 radical (unpaired) electrons. The van der Waals surface area contributed by atoms with Gasteiger partial charge >= 0.3 is 0 Å². The van der Waals surface area contributed by atoms with Crippen molar-refractivity contribution in [3.8, 4) is 0 Å². The molecule has 4 nitrogen and oxygen atoms in total. The van der Waals surface area contributed by atoms with Crippen LogP contribution >= 0.6 is 31.9 Å². The highest BCUT2D eigenvalue weighted by Gasteiger charge is 2.49. The molecule has 0 heterocycles. The van der Waals surface area contributed by atoms with E-state index in [4.69, 9.17) is 0 Å². The number of benzene rings is 1. The molecule has 0 aliphatic heterocycles. The fraction of sp³-hybridized carbons (Fsp3) is 0.500. The van der Waals surface area contributed by atoms with Crippen molar-refractivity contribution >= 4 is 41.9 Å². The van der Waals surface area contributed by atoms with Crippen LogP contribution in [0.15, 0.2) is 32.0 Å². The van der Waals surface area contributed by atoms with Gasteiger partial charge in [-0.25, -0.2) is 13.1 Å². The molecule has 7 heteroatoms. The molecule has 0 saturated heterocycles. The highest BCUT2D eigenvalue weighted by molar-refractivity contribution is 9.11. The molecule has 1 aliphatic carbocycles. The minimum Gasteiger partial charge on any atom is -0.392 e. The molecule has 2 unspecified atom stereocenters. The highest BCUT2D eigenvalue weighted by Crippen LogP contribution is 2.41. The predicted molar refractivity (Wildman–Crippen MR) is 80.4 cm³/mol. The average Bonchev–Trinajstić information content (AvgIpc) is 2.31. The van der Waals surface area contributed by atoms with E-state index >= 15 is 0 Å². The van der Waals surface area contributed by atoms with Crippen LogP contribution in [0, 0.1) is 5.41 Å². The first-order valence-electron chi connectivity index (χ1n) is 5.80. The van der Waals surface area contributed by atoms with Gasteiger partial charge in [0, 0.05) is 20.4 Å². The predicted octanol–water partition coefficient (Wildman–Crippen LogP) is 2.65. The maximum atomic E-state index is 12.4. The molecule has 1 fully saturated rings. The zero-order chi connectivity index (χ0) is 14.4. The summed E-state index contributed by atoms with van der Waals surface area (Å²) in [4.78, 5) is 0.194. The van der Waals surface area contributed by atoms with Crippen molar-refractivity contribution in [3.63, 3.8) is 0 Å². The van der Waals surface area contributed by atoms with Gasteiger partial charge in [-0.3, -0.25) is 0 Å². The fourth-order valence-corrected chi connectivity index (χ4v) is 4.94. The topological polar surface area (TPSA) is 66.4 Å². The SMILES string of the molecule is CC1(C)C(O)CC1NS(=O)(=O)c1cc(Br)ccc1Br. The van der Waals surface area contributed by atoms with Gasteiger partial charge in [0.15, 0.2) is 0 Å². The Hall–Kier alpha value is 0.0500. The Kier molecular flexibility index (Phi) is 4.15. The molecule has 0 amide bonds. The van der Waals surface area contributed by atoms with Crippen LogP contribution in [0.4, 0.5) is 0 Å². The summed E-state index contributed by atoms with van der Waals surface area (Å²) in [5.74, 6) is 0. The molecule has 1 saturated carbocycles. The summed E-state index contributed by atoms with van der Waals surface area (Å²) in [6.45, 7) is 3.70. The van der Waals surface area contributed by atoms with E-state index in [1.54, 1.807) is 18.2 Å². The van der Waals surface area contributed by atoms with Crippen LogP contribution in [0.5, 0.6) is 0 Å². The molecule has 0 aromatic heterocycles. The summed E-state index contributed by atoms with van der Waals surface area (Å²) in [5.41, 5.74) is -0.439. The van der Waals surface area contributed by atoms with Gasteiger partial charge in [-0.05, 0) is 40.5 Å². The van der Waals surface area contributed by atoms with Gasteiger partial charge in [-0.1, -0.05) is 29.8 Å². The van der Waals surface area contributed by atoms with Gasteiger partial charge < -0.3 is 5.11 Å². The Morgan fingerprint density at radius 3 is 2.53 bits per heavy atom. The lowest BCUT2D eigenvalue weighted by molar-refractivity contribution is -0.0645. The fourth-order valence-electron chi connectivity index (χ4n) is 2.04. The van der Waals surface area contributed by atoms with Crippen molar-refractivity contribution < 1.29 is 13.5 Å². The smallest absolute Gasteiger partial charge is 0.242 e. The molecule has 0 bridgehead atoms. The number of aliphatic hydroxyl groups excluding tert-OH is 1. The molecule has 0 spiro atoms. The first-order valence-corrected chi connectivity index (χ1v) is 8.87. The maximum absolute atomic E-state index is 12.4. The number of halogens is 2. The second-order valence-electron chi connectivity index (χ2n) is 5.32. The van der Waals surface area contributed by atoms with E-state index in [-0.39, 0.29) is 10.9 Å². The normalized spacial score (nSPS) is 25.9. The van der Waals surface area contributed by atoms with Gasteiger partial charge in [0.2, 0.25) is 10.0 Å². The summed E-state index contributed by atoms with van der Waals surface area (Å²) in [6.07, 6.45) is -0.0242. The summed E-state index contributed by atoms with van der Waals surface area (Å²) >= 11 is 6.51. The molecule has 19 heavy (non-hydrogen) atoms. The maximum Gasteiger partial charge on any atom is 0.242 e. The van der Waals surface area contributed by atoms with Crippen molar-refractivity contribution in [2.75, 3.05) is 0 Å². The van der Waals surface area contributed by atoms with Gasteiger partial charge in [0.05, 0.1) is 11.0 Å². The Bertz CT molecular complexity index is 601. The molecule has 2 N–H and O–H groups in total. The molecule has 2 rings (SSSR count). The summed E-state index contributed by atoms with van der Waals surface area (Å²) in [7, 11) is -3.61. The van der Waals surface area contributed by atoms with Crippen molar-refractivity contribution in [2.24, 2.45) is 5.41 Å². The van der Waals surface area contributed by atoms with E-state index in [9.17, 15) is 13.5 Å². The zero-order valence-corrected chi connectivity index (χ0v) is 14.5. The monoisotopic (exact) mass is 411 g/mol. The van der Waals surface area contributed by atoms with Crippen LogP contribution in [-0.2, 0) is 10.0 Å². The van der Waals surface area contributed by atoms with Crippen molar-refractivity contribution in [1.29, 1.82) is 0 Å². The van der Waals surface area contributed by atoms with Crippen molar-refractivity contribution in [1.82, 2.24) is 4.72 Å². The number of aliphatic hydroxyl groups is 1. The third-order valence-electron chi connectivity index (χ3n) is 3.70. The molecular weight excluding hydrogens is 398 g/mol. The summed E-state index contributed by atoms with van der Waals surface area (Å²) in [6, 6.07) is 4.74. The second-order valence-corrected chi connectivity index (χ2v) is 8.77. The highest BCUT2D eigenvalue weighted by atomic mass is 79.9. The Morgan fingerprint density at radius 1 is 1.37 bits per heavy atom. The van der Waals surface area contributed by atoms with Gasteiger partial charge in [-0.2, -0.15) is 0 Å². The number of hydrogen-bond donors (Lipinski definition) is 2. The summed E-state index contributed by atoms with van der Waals surface area (Å²) < 4.78 is 28.6. The zero-order valence-electron chi connectivity index (χ0n) is 10.5. The lowest BCUT2D eigenvalue weighted by Crippen LogP contribution is -2.61. The van der Waals surface area contributed by atoms with E-state index in [1.807, 2.05) is 13.8 Å². The summed E-state index contributed by atoms with van der Waals surface area (Å²) in [5, 5.41) is 9.66. The molecular formula is C12H15Br2NO3S. The number of sulfonamides is 1. The van der Waals surface area contributed by atoms with Crippen LogP contribution in [0.3, 0.4) is 0 Å². The largest absolute Gasteiger partial charge is 0.392 e. The van der Waals surface area contributed by atoms with Crippen LogP contribution in [0.1, 0.15) is 20.3 Å². The first kappa shape index (κ1) is 15.4. The Balaban J connectivity index is 2.27. The van der Waals surface area contributed by atoms with Crippen molar-refractivity contribution in [3.05, 3.63) is 27.1 Å². The first-order chi connectivity index (χ1) is 8.64. The molecule has 1 aliphatic rings. The minimum absolute atomic E-state index is 0.194. The van der Waals surface area contributed by atoms with E-state index in [2.05, 4.69) is 36.6 Å². The standard InChI is InChI=1S/C12H15Br2NO3S/c1-12(2)10(6-11(12)16)15-19(17,18)9-5-7(13)3-4-8(9)14/h3-5,10-11,15-16H,6H2,1-2H3. The molecule has 1 aromatic rings. The Labute approximate surface area is 129 Å². The molecule has 1 aromatic carbocycles. The van der Waals surface area contributed by atoms with E-state index < -0.39 is 21.5 Å². The van der Waals surface area contributed by atoms with Crippen LogP contribution in [-0.4, -0.2) is 25.7 Å². The lowest BCUT2D eigenvalue weighted by atomic mass is 9.65. The quantitative estimate of drug-likeness (QED) is 0.801. The van der Waals surface area contributed by atoms with Crippen LogP contribution < -0.4 is 4.72 Å². The third-order valence-corrected chi connectivity index (χ3v) is 6.65. The third kappa shape index (κ3) is 2.90.